The van der Waals surface area contributed by atoms with Gasteiger partial charge >= 0.3 is 5.97 Å². The summed E-state index contributed by atoms with van der Waals surface area (Å²) >= 11 is 7.09. The molecule has 0 spiro atoms. The van der Waals surface area contributed by atoms with Crippen molar-refractivity contribution >= 4 is 40.8 Å². The number of aryl methyl sites for hydroxylation is 2. The van der Waals surface area contributed by atoms with Crippen LogP contribution in [0, 0.1) is 13.8 Å². The van der Waals surface area contributed by atoms with E-state index in [1.807, 2.05) is 26.0 Å². The number of carbonyl (C=O) groups excluding carboxylic acids is 2. The van der Waals surface area contributed by atoms with Crippen LogP contribution in [0.3, 0.4) is 0 Å². The molecule has 0 bridgehead atoms. The van der Waals surface area contributed by atoms with E-state index in [-0.39, 0.29) is 12.4 Å². The maximum Gasteiger partial charge on any atom is 0.343 e. The maximum absolute atomic E-state index is 12.1. The number of hydrogen-bond acceptors (Lipinski definition) is 5. The average Bonchev–Trinajstić information content (AvgIpc) is 2.98. The Bertz CT molecular complexity index is 769. The molecule has 0 amide bonds. The molecule has 1 aromatic carbocycles. The predicted molar refractivity (Wildman–Crippen MR) is 96.1 cm³/mol. The minimum Gasteiger partial charge on any atom is -0.481 e. The highest BCUT2D eigenvalue weighted by molar-refractivity contribution is 7.18. The summed E-state index contributed by atoms with van der Waals surface area (Å²) in [6, 6.07) is 7.20. The lowest BCUT2D eigenvalue weighted by Crippen LogP contribution is -2.13. The standard InChI is InChI=1S/C18H17ClO4S/c1-11-8-13(4-5-14(20)15-6-7-16(19)24-15)9-12(2)18(11)23-10-17(21)22-3/h4-9H,10H2,1-3H3/b5-4+. The summed E-state index contributed by atoms with van der Waals surface area (Å²) in [6.45, 7) is 3.64. The van der Waals surface area contributed by atoms with Crippen LogP contribution in [0.4, 0.5) is 0 Å². The summed E-state index contributed by atoms with van der Waals surface area (Å²) in [5.41, 5.74) is 2.64. The molecule has 6 heteroatoms. The number of esters is 1. The molecule has 0 unspecified atom stereocenters. The Morgan fingerprint density at radius 3 is 2.42 bits per heavy atom. The van der Waals surface area contributed by atoms with Crippen molar-refractivity contribution in [1.29, 1.82) is 0 Å². The van der Waals surface area contributed by atoms with E-state index in [1.54, 1.807) is 18.2 Å². The van der Waals surface area contributed by atoms with Gasteiger partial charge in [0.2, 0.25) is 0 Å². The monoisotopic (exact) mass is 364 g/mol. The third kappa shape index (κ3) is 4.69. The molecule has 2 aromatic rings. The number of ketones is 1. The normalized spacial score (nSPS) is 10.8. The number of benzene rings is 1. The summed E-state index contributed by atoms with van der Waals surface area (Å²) in [5, 5.41) is 0. The molecule has 2 rings (SSSR count). The van der Waals surface area contributed by atoms with Gasteiger partial charge in [-0.15, -0.1) is 11.3 Å². The second-order valence-corrected chi connectivity index (χ2v) is 6.87. The Labute approximate surface area is 149 Å². The lowest BCUT2D eigenvalue weighted by atomic mass is 10.0. The molecule has 0 aliphatic rings. The van der Waals surface area contributed by atoms with E-state index in [0.29, 0.717) is 15.0 Å². The van der Waals surface area contributed by atoms with Gasteiger partial charge in [0.15, 0.2) is 12.4 Å². The number of methoxy groups -OCH3 is 1. The number of hydrogen-bond donors (Lipinski definition) is 0. The topological polar surface area (TPSA) is 52.6 Å². The summed E-state index contributed by atoms with van der Waals surface area (Å²) in [6.07, 6.45) is 3.27. The van der Waals surface area contributed by atoms with E-state index in [2.05, 4.69) is 4.74 Å². The van der Waals surface area contributed by atoms with Gasteiger partial charge in [0.05, 0.1) is 16.3 Å². The van der Waals surface area contributed by atoms with Crippen molar-refractivity contribution in [2.24, 2.45) is 0 Å². The summed E-state index contributed by atoms with van der Waals surface area (Å²) < 4.78 is 10.6. The van der Waals surface area contributed by atoms with Crippen molar-refractivity contribution in [3.63, 3.8) is 0 Å². The molecule has 0 atom stereocenters. The molecule has 126 valence electrons. The lowest BCUT2D eigenvalue weighted by Gasteiger charge is -2.12. The van der Waals surface area contributed by atoms with Crippen LogP contribution in [-0.4, -0.2) is 25.5 Å². The Morgan fingerprint density at radius 1 is 1.21 bits per heavy atom. The van der Waals surface area contributed by atoms with Gasteiger partial charge in [0.25, 0.3) is 0 Å². The fraction of sp³-hybridized carbons (Fsp3) is 0.222. The largest absolute Gasteiger partial charge is 0.481 e. The van der Waals surface area contributed by atoms with Crippen LogP contribution in [0.25, 0.3) is 6.08 Å². The first-order valence-corrected chi connectivity index (χ1v) is 8.38. The van der Waals surface area contributed by atoms with Crippen molar-refractivity contribution in [2.75, 3.05) is 13.7 Å². The number of thiophene rings is 1. The molecule has 0 fully saturated rings. The zero-order valence-electron chi connectivity index (χ0n) is 13.6. The number of rotatable bonds is 6. The molecule has 0 radical (unpaired) electrons. The molecular weight excluding hydrogens is 348 g/mol. The van der Waals surface area contributed by atoms with Crippen LogP contribution >= 0.6 is 22.9 Å². The Hall–Kier alpha value is -2.11. The van der Waals surface area contributed by atoms with E-state index < -0.39 is 5.97 Å². The van der Waals surface area contributed by atoms with E-state index in [9.17, 15) is 9.59 Å². The van der Waals surface area contributed by atoms with Crippen molar-refractivity contribution < 1.29 is 19.1 Å². The van der Waals surface area contributed by atoms with Crippen LogP contribution in [-0.2, 0) is 9.53 Å². The zero-order valence-corrected chi connectivity index (χ0v) is 15.2. The average molecular weight is 365 g/mol. The first-order chi connectivity index (χ1) is 11.4. The highest BCUT2D eigenvalue weighted by Crippen LogP contribution is 2.26. The van der Waals surface area contributed by atoms with Crippen LogP contribution in [0.15, 0.2) is 30.3 Å². The second kappa shape index (κ2) is 8.13. The van der Waals surface area contributed by atoms with Crippen LogP contribution in [0.1, 0.15) is 26.4 Å². The molecule has 0 aliphatic carbocycles. The highest BCUT2D eigenvalue weighted by atomic mass is 35.5. The Balaban J connectivity index is 2.13. The van der Waals surface area contributed by atoms with Crippen molar-refractivity contribution in [3.05, 3.63) is 56.2 Å². The minimum absolute atomic E-state index is 0.0896. The van der Waals surface area contributed by atoms with Crippen molar-refractivity contribution in [3.8, 4) is 5.75 Å². The molecule has 0 N–H and O–H groups in total. The Morgan fingerprint density at radius 2 is 1.88 bits per heavy atom. The number of allylic oxidation sites excluding steroid dienone is 1. The van der Waals surface area contributed by atoms with Gasteiger partial charge in [-0.25, -0.2) is 4.79 Å². The predicted octanol–water partition coefficient (Wildman–Crippen LogP) is 4.47. The zero-order chi connectivity index (χ0) is 17.7. The quantitative estimate of drug-likeness (QED) is 0.431. The van der Waals surface area contributed by atoms with E-state index >= 15 is 0 Å². The molecule has 0 saturated heterocycles. The third-order valence-corrected chi connectivity index (χ3v) is 4.53. The van der Waals surface area contributed by atoms with Gasteiger partial charge in [-0.3, -0.25) is 4.79 Å². The first kappa shape index (κ1) is 18.2. The van der Waals surface area contributed by atoms with Gasteiger partial charge < -0.3 is 9.47 Å². The van der Waals surface area contributed by atoms with Gasteiger partial charge in [-0.2, -0.15) is 0 Å². The third-order valence-electron chi connectivity index (χ3n) is 3.29. The van der Waals surface area contributed by atoms with Crippen molar-refractivity contribution in [2.45, 2.75) is 13.8 Å². The van der Waals surface area contributed by atoms with Gasteiger partial charge in [-0.05, 0) is 60.9 Å². The minimum atomic E-state index is -0.432. The maximum atomic E-state index is 12.1. The molecule has 0 saturated carbocycles. The van der Waals surface area contributed by atoms with Crippen LogP contribution < -0.4 is 4.74 Å². The van der Waals surface area contributed by atoms with Crippen LogP contribution in [0.5, 0.6) is 5.75 Å². The van der Waals surface area contributed by atoms with Crippen molar-refractivity contribution in [1.82, 2.24) is 0 Å². The number of ether oxygens (including phenoxy) is 2. The fourth-order valence-corrected chi connectivity index (χ4v) is 3.16. The van der Waals surface area contributed by atoms with Gasteiger partial charge in [-0.1, -0.05) is 17.7 Å². The SMILES string of the molecule is COC(=O)COc1c(C)cc(/C=C/C(=O)c2ccc(Cl)s2)cc1C. The number of halogens is 1. The summed E-state index contributed by atoms with van der Waals surface area (Å²) in [7, 11) is 1.32. The smallest absolute Gasteiger partial charge is 0.343 e. The van der Waals surface area contributed by atoms with E-state index in [4.69, 9.17) is 16.3 Å². The molecule has 24 heavy (non-hydrogen) atoms. The van der Waals surface area contributed by atoms with Gasteiger partial charge in [0, 0.05) is 0 Å². The van der Waals surface area contributed by atoms with Gasteiger partial charge in [0.1, 0.15) is 5.75 Å². The molecule has 1 heterocycles. The van der Waals surface area contributed by atoms with E-state index in [1.165, 1.54) is 24.5 Å². The molecule has 0 aliphatic heterocycles. The van der Waals surface area contributed by atoms with E-state index in [0.717, 1.165) is 16.7 Å². The second-order valence-electron chi connectivity index (χ2n) is 5.15. The summed E-state index contributed by atoms with van der Waals surface area (Å²) in [4.78, 5) is 23.9. The molecule has 4 nitrogen and oxygen atoms in total. The van der Waals surface area contributed by atoms with Crippen LogP contribution in [0.2, 0.25) is 4.34 Å². The first-order valence-electron chi connectivity index (χ1n) is 7.19. The Kier molecular flexibility index (Phi) is 6.17. The lowest BCUT2D eigenvalue weighted by molar-refractivity contribution is -0.142. The molecular formula is C18H17ClO4S. The fourth-order valence-electron chi connectivity index (χ4n) is 2.20. The summed E-state index contributed by atoms with van der Waals surface area (Å²) in [5.74, 6) is 0.125. The molecule has 1 aromatic heterocycles. The highest BCUT2D eigenvalue weighted by Gasteiger charge is 2.09. The number of carbonyl (C=O) groups is 2.